The number of aromatic nitrogens is 1. The van der Waals surface area contributed by atoms with Crippen LogP contribution in [-0.4, -0.2) is 73.8 Å². The highest BCUT2D eigenvalue weighted by Gasteiger charge is 2.23. The fraction of sp³-hybridized carbons (Fsp3) is 0.458. The second-order valence-electron chi connectivity index (χ2n) is 7.82. The molecule has 3 rings (SSSR count). The molecular formula is C24H31N3O6. The maximum absolute atomic E-state index is 12.5. The lowest BCUT2D eigenvalue weighted by Gasteiger charge is -2.36. The van der Waals surface area contributed by atoms with Gasteiger partial charge >= 0.3 is 11.9 Å². The topological polar surface area (TPSA) is 90.3 Å². The molecule has 1 saturated heterocycles. The molecule has 1 aliphatic heterocycles. The molecule has 2 heterocycles. The van der Waals surface area contributed by atoms with E-state index in [0.717, 1.165) is 17.1 Å². The highest BCUT2D eigenvalue weighted by Crippen LogP contribution is 2.20. The van der Waals surface area contributed by atoms with E-state index < -0.39 is 11.9 Å². The average molecular weight is 458 g/mol. The number of piperazine rings is 1. The predicted octanol–water partition coefficient (Wildman–Crippen LogP) is 2.18. The number of hydrogen-bond acceptors (Lipinski definition) is 7. The summed E-state index contributed by atoms with van der Waals surface area (Å²) >= 11 is 0. The normalized spacial score (nSPS) is 13.6. The molecule has 0 atom stereocenters. The van der Waals surface area contributed by atoms with Crippen LogP contribution in [0.3, 0.4) is 0 Å². The first-order chi connectivity index (χ1) is 15.8. The largest absolute Gasteiger partial charge is 0.497 e. The predicted molar refractivity (Wildman–Crippen MR) is 123 cm³/mol. The minimum atomic E-state index is -0.530. The summed E-state index contributed by atoms with van der Waals surface area (Å²) in [6, 6.07) is 9.51. The summed E-state index contributed by atoms with van der Waals surface area (Å²) in [5.74, 6) is -0.366. The number of anilines is 1. The molecule has 1 aromatic heterocycles. The number of nitrogens with zero attached hydrogens (tertiary/aromatic N) is 3. The molecule has 0 saturated carbocycles. The van der Waals surface area contributed by atoms with E-state index in [4.69, 9.17) is 14.2 Å². The van der Waals surface area contributed by atoms with E-state index in [9.17, 15) is 14.4 Å². The van der Waals surface area contributed by atoms with E-state index in [0.29, 0.717) is 37.4 Å². The molecule has 33 heavy (non-hydrogen) atoms. The second kappa shape index (κ2) is 10.9. The molecule has 9 nitrogen and oxygen atoms in total. The maximum Gasteiger partial charge on any atom is 0.339 e. The van der Waals surface area contributed by atoms with Crippen LogP contribution in [0.4, 0.5) is 5.69 Å². The Morgan fingerprint density at radius 2 is 1.64 bits per heavy atom. The van der Waals surface area contributed by atoms with Gasteiger partial charge in [0.25, 0.3) is 5.91 Å². The van der Waals surface area contributed by atoms with Crippen molar-refractivity contribution in [3.05, 3.63) is 47.3 Å². The Morgan fingerprint density at radius 3 is 2.24 bits per heavy atom. The summed E-state index contributed by atoms with van der Waals surface area (Å²) in [7, 11) is 1.63. The van der Waals surface area contributed by atoms with Crippen LogP contribution >= 0.6 is 0 Å². The third kappa shape index (κ3) is 5.85. The summed E-state index contributed by atoms with van der Waals surface area (Å²) in [6.45, 7) is 7.71. The van der Waals surface area contributed by atoms with Crippen molar-refractivity contribution in [1.82, 2.24) is 9.47 Å². The van der Waals surface area contributed by atoms with Crippen molar-refractivity contribution in [2.75, 3.05) is 51.4 Å². The molecule has 1 aromatic carbocycles. The molecule has 0 aliphatic carbocycles. The maximum atomic E-state index is 12.5. The highest BCUT2D eigenvalue weighted by atomic mass is 16.5. The van der Waals surface area contributed by atoms with Crippen LogP contribution in [0.25, 0.3) is 0 Å². The van der Waals surface area contributed by atoms with Gasteiger partial charge in [-0.05, 0) is 51.1 Å². The third-order valence-corrected chi connectivity index (χ3v) is 5.78. The number of rotatable bonds is 8. The summed E-state index contributed by atoms with van der Waals surface area (Å²) in [5, 5.41) is 0. The number of carbonyl (C=O) groups is 3. The molecule has 9 heteroatoms. The lowest BCUT2D eigenvalue weighted by molar-refractivity contribution is -0.152. The molecule has 0 radical (unpaired) electrons. The van der Waals surface area contributed by atoms with Gasteiger partial charge in [-0.25, -0.2) is 4.79 Å². The lowest BCUT2D eigenvalue weighted by Crippen LogP contribution is -2.50. The zero-order chi connectivity index (χ0) is 24.0. The van der Waals surface area contributed by atoms with Gasteiger partial charge in [-0.3, -0.25) is 9.59 Å². The van der Waals surface area contributed by atoms with Crippen LogP contribution < -0.4 is 9.64 Å². The van der Waals surface area contributed by atoms with Gasteiger partial charge in [0.05, 0.1) is 19.3 Å². The van der Waals surface area contributed by atoms with Crippen LogP contribution in [-0.2, 0) is 25.6 Å². The molecule has 0 N–H and O–H groups in total. The molecule has 0 bridgehead atoms. The first kappa shape index (κ1) is 24.2. The van der Waals surface area contributed by atoms with Gasteiger partial charge in [-0.2, -0.15) is 0 Å². The van der Waals surface area contributed by atoms with Gasteiger partial charge in [0, 0.05) is 43.3 Å². The first-order valence-corrected chi connectivity index (χ1v) is 11.0. The van der Waals surface area contributed by atoms with E-state index in [1.807, 2.05) is 24.3 Å². The van der Waals surface area contributed by atoms with E-state index >= 15 is 0 Å². The number of carbonyl (C=O) groups excluding carboxylic acids is 3. The summed E-state index contributed by atoms with van der Waals surface area (Å²) in [5.41, 5.74) is 2.87. The van der Waals surface area contributed by atoms with Crippen molar-refractivity contribution in [2.45, 2.75) is 27.3 Å². The first-order valence-electron chi connectivity index (χ1n) is 11.0. The Balaban J connectivity index is 1.47. The summed E-state index contributed by atoms with van der Waals surface area (Å²) < 4.78 is 17.2. The van der Waals surface area contributed by atoms with Gasteiger partial charge < -0.3 is 28.6 Å². The van der Waals surface area contributed by atoms with Gasteiger partial charge in [-0.15, -0.1) is 0 Å². The van der Waals surface area contributed by atoms with Crippen LogP contribution in [0.1, 0.15) is 28.7 Å². The van der Waals surface area contributed by atoms with Crippen molar-refractivity contribution in [2.24, 2.45) is 0 Å². The molecule has 1 fully saturated rings. The Hall–Kier alpha value is -3.49. The van der Waals surface area contributed by atoms with Crippen LogP contribution in [0.2, 0.25) is 0 Å². The molecule has 0 spiro atoms. The van der Waals surface area contributed by atoms with Crippen molar-refractivity contribution >= 4 is 23.5 Å². The molecule has 0 unspecified atom stereocenters. The Kier molecular flexibility index (Phi) is 7.97. The van der Waals surface area contributed by atoms with E-state index in [1.165, 1.54) is 0 Å². The van der Waals surface area contributed by atoms with Crippen LogP contribution in [0, 0.1) is 13.8 Å². The lowest BCUT2D eigenvalue weighted by atomic mass is 10.2. The number of amides is 1. The molecule has 2 aromatic rings. The number of aryl methyl sites for hydroxylation is 1. The number of hydrogen-bond donors (Lipinski definition) is 0. The van der Waals surface area contributed by atoms with Gasteiger partial charge in [-0.1, -0.05) is 0 Å². The zero-order valence-electron chi connectivity index (χ0n) is 19.6. The molecule has 1 aliphatic rings. The van der Waals surface area contributed by atoms with Crippen LogP contribution in [0.5, 0.6) is 5.75 Å². The molecule has 1 amide bonds. The Bertz CT molecular complexity index is 990. The number of methoxy groups -OCH3 is 1. The summed E-state index contributed by atoms with van der Waals surface area (Å²) in [6.07, 6.45) is 0. The summed E-state index contributed by atoms with van der Waals surface area (Å²) in [4.78, 5) is 40.8. The van der Waals surface area contributed by atoms with E-state index in [-0.39, 0.29) is 25.7 Å². The average Bonchev–Trinajstić information content (AvgIpc) is 3.11. The van der Waals surface area contributed by atoms with Crippen molar-refractivity contribution in [1.29, 1.82) is 0 Å². The zero-order valence-corrected chi connectivity index (χ0v) is 19.6. The monoisotopic (exact) mass is 457 g/mol. The Labute approximate surface area is 193 Å². The molecule has 178 valence electrons. The van der Waals surface area contributed by atoms with Gasteiger partial charge in [0.2, 0.25) is 0 Å². The fourth-order valence-corrected chi connectivity index (χ4v) is 3.88. The van der Waals surface area contributed by atoms with Gasteiger partial charge in [0.15, 0.2) is 6.61 Å². The number of esters is 2. The van der Waals surface area contributed by atoms with E-state index in [2.05, 4.69) is 4.90 Å². The minimum absolute atomic E-state index is 0.0738. The highest BCUT2D eigenvalue weighted by molar-refractivity contribution is 5.91. The quantitative estimate of drug-likeness (QED) is 0.561. The Morgan fingerprint density at radius 1 is 0.970 bits per heavy atom. The number of ether oxygens (including phenoxy) is 3. The minimum Gasteiger partial charge on any atom is -0.497 e. The van der Waals surface area contributed by atoms with Crippen molar-refractivity contribution < 1.29 is 28.6 Å². The van der Waals surface area contributed by atoms with Crippen molar-refractivity contribution in [3.8, 4) is 5.75 Å². The number of benzene rings is 1. The van der Waals surface area contributed by atoms with Crippen molar-refractivity contribution in [3.63, 3.8) is 0 Å². The third-order valence-electron chi connectivity index (χ3n) is 5.78. The molecular weight excluding hydrogens is 426 g/mol. The van der Waals surface area contributed by atoms with E-state index in [1.54, 1.807) is 43.4 Å². The smallest absolute Gasteiger partial charge is 0.339 e. The van der Waals surface area contributed by atoms with Crippen LogP contribution in [0.15, 0.2) is 30.3 Å². The second-order valence-corrected chi connectivity index (χ2v) is 7.82. The van der Waals surface area contributed by atoms with Gasteiger partial charge in [0.1, 0.15) is 12.3 Å². The fourth-order valence-electron chi connectivity index (χ4n) is 3.88. The standard InChI is InChI=1S/C24H31N3O6/c1-5-32-24(30)21-14-17(2)27(18(21)3)15-23(29)33-16-22(28)26-12-10-25(11-13-26)19-6-8-20(31-4)9-7-19/h6-9,14H,5,10-13,15-16H2,1-4H3. The SMILES string of the molecule is CCOC(=O)c1cc(C)n(CC(=O)OCC(=O)N2CCN(c3ccc(OC)cc3)CC2)c1C.